The molecule has 1 aliphatic heterocycles. The Morgan fingerprint density at radius 1 is 0.854 bits per heavy atom. The number of benzene rings is 4. The van der Waals surface area contributed by atoms with Crippen LogP contribution in [-0.4, -0.2) is 33.8 Å². The maximum Gasteiger partial charge on any atom is 0.224 e. The molecule has 5 aromatic rings. The Morgan fingerprint density at radius 3 is 2.27 bits per heavy atom. The molecule has 2 amide bonds. The van der Waals surface area contributed by atoms with Crippen LogP contribution in [-0.2, 0) is 25.7 Å². The lowest BCUT2D eigenvalue weighted by Crippen LogP contribution is -2.31. The van der Waals surface area contributed by atoms with Crippen LogP contribution in [0.25, 0.3) is 10.2 Å². The zero-order valence-electron chi connectivity index (χ0n) is 26.3. The lowest BCUT2D eigenvalue weighted by molar-refractivity contribution is -0.245. The fourth-order valence-corrected chi connectivity index (χ4v) is 7.55. The number of nitrogens with two attached hydrogens (primary N) is 1. The SMILES string of the molecule is Nc1ccccc1NC(=O)CCCCC(=O)Nc1ccc([C@H]2O[C@@H](CSc3nc4ccccc4s3)C[C@@H](c3ccc(CO)cc3)O2)cc1. The molecule has 0 saturated carbocycles. The maximum absolute atomic E-state index is 12.6. The van der Waals surface area contributed by atoms with Gasteiger partial charge in [0.25, 0.3) is 0 Å². The summed E-state index contributed by atoms with van der Waals surface area (Å²) in [6.07, 6.45) is 1.60. The largest absolute Gasteiger partial charge is 0.397 e. The van der Waals surface area contributed by atoms with Gasteiger partial charge in [0.1, 0.15) is 0 Å². The van der Waals surface area contributed by atoms with Crippen molar-refractivity contribution in [2.75, 3.05) is 22.1 Å². The zero-order valence-corrected chi connectivity index (χ0v) is 28.0. The van der Waals surface area contributed by atoms with Gasteiger partial charge in [0, 0.05) is 36.3 Å². The molecule has 1 aromatic heterocycles. The Balaban J connectivity index is 1.03. The molecule has 48 heavy (non-hydrogen) atoms. The molecule has 1 saturated heterocycles. The lowest BCUT2D eigenvalue weighted by Gasteiger charge is -2.36. The number of ether oxygens (including phenoxy) is 2. The van der Waals surface area contributed by atoms with Crippen LogP contribution < -0.4 is 16.4 Å². The second kappa shape index (κ2) is 16.2. The second-order valence-corrected chi connectivity index (χ2v) is 13.9. The van der Waals surface area contributed by atoms with E-state index in [1.165, 1.54) is 0 Å². The minimum absolute atomic E-state index is 0.0102. The molecule has 0 radical (unpaired) electrons. The highest BCUT2D eigenvalue weighted by Gasteiger charge is 2.32. The molecular formula is C37H38N4O5S2. The van der Waals surface area contributed by atoms with Gasteiger partial charge in [-0.1, -0.05) is 72.4 Å². The highest BCUT2D eigenvalue weighted by atomic mass is 32.2. The predicted octanol–water partition coefficient (Wildman–Crippen LogP) is 7.85. The van der Waals surface area contributed by atoms with E-state index in [0.717, 1.165) is 37.0 Å². The Morgan fingerprint density at radius 2 is 1.54 bits per heavy atom. The molecule has 4 aromatic carbocycles. The van der Waals surface area contributed by atoms with Crippen LogP contribution in [0.1, 0.15) is 61.2 Å². The predicted molar refractivity (Wildman–Crippen MR) is 192 cm³/mol. The summed E-state index contributed by atoms with van der Waals surface area (Å²) in [4.78, 5) is 29.6. The van der Waals surface area contributed by atoms with Gasteiger partial charge < -0.3 is 30.9 Å². The summed E-state index contributed by atoms with van der Waals surface area (Å²) in [6.45, 7) is -0.0102. The zero-order chi connectivity index (χ0) is 33.3. The van der Waals surface area contributed by atoms with Crippen molar-refractivity contribution in [2.24, 2.45) is 0 Å². The number of thiazole rings is 1. The minimum Gasteiger partial charge on any atom is -0.397 e. The molecule has 5 N–H and O–H groups in total. The number of fused-ring (bicyclic) bond motifs is 1. The number of hydrogen-bond donors (Lipinski definition) is 4. The van der Waals surface area contributed by atoms with Gasteiger partial charge in [0.2, 0.25) is 11.8 Å². The average molecular weight is 683 g/mol. The van der Waals surface area contributed by atoms with Gasteiger partial charge in [-0.2, -0.15) is 0 Å². The summed E-state index contributed by atoms with van der Waals surface area (Å²) >= 11 is 3.38. The first-order chi connectivity index (χ1) is 23.4. The number of hydrogen-bond acceptors (Lipinski definition) is 9. The van der Waals surface area contributed by atoms with Gasteiger partial charge in [-0.3, -0.25) is 9.59 Å². The topological polar surface area (TPSA) is 136 Å². The number of aromatic nitrogens is 1. The minimum atomic E-state index is -0.593. The van der Waals surface area contributed by atoms with Gasteiger partial charge >= 0.3 is 0 Å². The molecule has 9 nitrogen and oxygen atoms in total. The van der Waals surface area contributed by atoms with Crippen LogP contribution in [0.15, 0.2) is 101 Å². The third-order valence-electron chi connectivity index (χ3n) is 8.04. The third-order valence-corrected chi connectivity index (χ3v) is 10.4. The number of para-hydroxylation sites is 3. The Kier molecular flexibility index (Phi) is 11.4. The van der Waals surface area contributed by atoms with Gasteiger partial charge in [-0.25, -0.2) is 4.98 Å². The van der Waals surface area contributed by atoms with E-state index < -0.39 is 6.29 Å². The quantitative estimate of drug-likeness (QED) is 0.0560. The van der Waals surface area contributed by atoms with E-state index in [2.05, 4.69) is 16.7 Å². The Labute approximate surface area is 287 Å². The van der Waals surface area contributed by atoms with Gasteiger partial charge in [0.15, 0.2) is 10.6 Å². The van der Waals surface area contributed by atoms with Crippen molar-refractivity contribution in [1.29, 1.82) is 0 Å². The van der Waals surface area contributed by atoms with Crippen LogP contribution in [0.5, 0.6) is 0 Å². The van der Waals surface area contributed by atoms with Gasteiger partial charge in [-0.15, -0.1) is 11.3 Å². The van der Waals surface area contributed by atoms with E-state index in [0.29, 0.717) is 49.2 Å². The Bertz CT molecular complexity index is 1800. The number of thioether (sulfide) groups is 1. The van der Waals surface area contributed by atoms with E-state index >= 15 is 0 Å². The molecular weight excluding hydrogens is 645 g/mol. The number of nitrogens with zero attached hydrogens (tertiary/aromatic N) is 1. The number of carbonyl (C=O) groups is 2. The number of aliphatic hydroxyl groups excluding tert-OH is 1. The third kappa shape index (κ3) is 9.00. The first kappa shape index (κ1) is 33.6. The number of carbonyl (C=O) groups excluding carboxylic acids is 2. The molecule has 248 valence electrons. The molecule has 2 heterocycles. The lowest BCUT2D eigenvalue weighted by atomic mass is 10.0. The molecule has 1 aliphatic rings. The summed E-state index contributed by atoms with van der Waals surface area (Å²) in [5.74, 6) is 0.484. The number of nitrogen functional groups attached to an aromatic ring is 1. The first-order valence-electron chi connectivity index (χ1n) is 16.0. The molecule has 1 fully saturated rings. The fourth-order valence-electron chi connectivity index (χ4n) is 5.44. The van der Waals surface area contributed by atoms with Crippen LogP contribution in [0, 0.1) is 0 Å². The number of unbranched alkanes of at least 4 members (excludes halogenated alkanes) is 1. The summed E-state index contributed by atoms with van der Waals surface area (Å²) < 4.78 is 15.1. The average Bonchev–Trinajstić information content (AvgIpc) is 3.54. The fraction of sp³-hybridized carbons (Fsp3) is 0.270. The highest BCUT2D eigenvalue weighted by Crippen LogP contribution is 2.40. The van der Waals surface area contributed by atoms with E-state index in [4.69, 9.17) is 20.2 Å². The molecule has 0 aliphatic carbocycles. The first-order valence-corrected chi connectivity index (χ1v) is 17.8. The smallest absolute Gasteiger partial charge is 0.224 e. The summed E-state index contributed by atoms with van der Waals surface area (Å²) in [5.41, 5.74) is 11.4. The van der Waals surface area contributed by atoms with Crippen molar-refractivity contribution in [3.05, 3.63) is 114 Å². The van der Waals surface area contributed by atoms with E-state index in [9.17, 15) is 14.7 Å². The monoisotopic (exact) mass is 682 g/mol. The Hall–Kier alpha value is -4.26. The van der Waals surface area contributed by atoms with Gasteiger partial charge in [0.05, 0.1) is 40.4 Å². The van der Waals surface area contributed by atoms with Crippen LogP contribution in [0.2, 0.25) is 0 Å². The number of rotatable bonds is 13. The van der Waals surface area contributed by atoms with E-state index in [-0.39, 0.29) is 30.6 Å². The van der Waals surface area contributed by atoms with Crippen LogP contribution in [0.4, 0.5) is 17.1 Å². The maximum atomic E-state index is 12.6. The summed E-state index contributed by atoms with van der Waals surface area (Å²) in [6, 6.07) is 30.6. The summed E-state index contributed by atoms with van der Waals surface area (Å²) in [5, 5.41) is 15.3. The number of anilines is 3. The highest BCUT2D eigenvalue weighted by molar-refractivity contribution is 8.01. The molecule has 0 bridgehead atoms. The van der Waals surface area contributed by atoms with Crippen molar-refractivity contribution in [2.45, 2.75) is 61.5 Å². The summed E-state index contributed by atoms with van der Waals surface area (Å²) in [7, 11) is 0. The standard InChI is InChI=1S/C37H38N4O5S2/c38-29-7-1-2-8-30(29)40-35(44)12-6-5-11-34(43)39-27-19-17-26(18-20-27)36-45-28(21-32(46-36)25-15-13-24(22-42)14-16-25)23-47-37-41-31-9-3-4-10-33(31)48-37/h1-4,7-10,13-20,28,32,36,42H,5-6,11-12,21-23,38H2,(H,39,43)(H,40,44)/t28-,32+,36+/m1/s1. The second-order valence-electron chi connectivity index (χ2n) is 11.6. The molecule has 6 rings (SSSR count). The molecule has 11 heteroatoms. The van der Waals surface area contributed by atoms with Crippen molar-refractivity contribution in [3.8, 4) is 0 Å². The van der Waals surface area contributed by atoms with Crippen molar-refractivity contribution >= 4 is 62.2 Å². The molecule has 0 unspecified atom stereocenters. The van der Waals surface area contributed by atoms with Crippen molar-refractivity contribution in [3.63, 3.8) is 0 Å². The number of amides is 2. The number of aliphatic hydroxyl groups is 1. The van der Waals surface area contributed by atoms with Crippen LogP contribution in [0.3, 0.4) is 0 Å². The van der Waals surface area contributed by atoms with Crippen LogP contribution >= 0.6 is 23.1 Å². The normalized spacial score (nSPS) is 17.6. The van der Waals surface area contributed by atoms with E-state index in [1.54, 1.807) is 35.2 Å². The van der Waals surface area contributed by atoms with E-state index in [1.807, 2.05) is 78.9 Å². The van der Waals surface area contributed by atoms with Crippen molar-refractivity contribution < 1.29 is 24.2 Å². The molecule has 3 atom stereocenters. The number of nitrogens with one attached hydrogen (secondary N) is 2. The van der Waals surface area contributed by atoms with Crippen molar-refractivity contribution in [1.82, 2.24) is 4.98 Å². The molecule has 0 spiro atoms. The van der Waals surface area contributed by atoms with Gasteiger partial charge in [-0.05, 0) is 60.4 Å².